The summed E-state index contributed by atoms with van der Waals surface area (Å²) in [6.45, 7) is 2.57. The number of hydrogen-bond donors (Lipinski definition) is 2. The van der Waals surface area contributed by atoms with E-state index >= 15 is 0 Å². The minimum absolute atomic E-state index is 0.0760. The zero-order chi connectivity index (χ0) is 15.5. The van der Waals surface area contributed by atoms with Gasteiger partial charge in [0.15, 0.2) is 0 Å². The van der Waals surface area contributed by atoms with Crippen LogP contribution in [0.25, 0.3) is 0 Å². The summed E-state index contributed by atoms with van der Waals surface area (Å²) < 4.78 is 20.7. The van der Waals surface area contributed by atoms with Crippen LogP contribution < -0.4 is 10.5 Å². The molecule has 0 heterocycles. The number of carbonyl (C=O) groups is 1. The second-order valence-electron chi connectivity index (χ2n) is 4.13. The van der Waals surface area contributed by atoms with Crippen LogP contribution >= 0.6 is 0 Å². The molecule has 0 unspecified atom stereocenters. The molecule has 1 aromatic rings. The van der Waals surface area contributed by atoms with Crippen molar-refractivity contribution in [1.29, 1.82) is 0 Å². The molecule has 21 heavy (non-hydrogen) atoms. The number of rotatable bonds is 11. The fraction of sp³-hybridized carbons (Fsp3) is 0.500. The molecule has 118 valence electrons. The fourth-order valence-corrected chi connectivity index (χ4v) is 1.51. The Bertz CT molecular complexity index is 437. The first kappa shape index (κ1) is 17.2. The van der Waals surface area contributed by atoms with Gasteiger partial charge in [-0.25, -0.2) is 4.79 Å². The van der Waals surface area contributed by atoms with Crippen molar-refractivity contribution in [2.24, 2.45) is 0 Å². The maximum absolute atomic E-state index is 11.0. The van der Waals surface area contributed by atoms with Gasteiger partial charge in [0.05, 0.1) is 33.0 Å². The van der Waals surface area contributed by atoms with Crippen molar-refractivity contribution >= 4 is 11.7 Å². The molecule has 0 aliphatic rings. The van der Waals surface area contributed by atoms with E-state index in [1.165, 1.54) is 18.2 Å². The van der Waals surface area contributed by atoms with Crippen LogP contribution in [0.3, 0.4) is 0 Å². The quantitative estimate of drug-likeness (QED) is 0.465. The molecule has 0 amide bonds. The topological polar surface area (TPSA) is 100 Å². The predicted octanol–water partition coefficient (Wildman–Crippen LogP) is 1.03. The third-order valence-electron chi connectivity index (χ3n) is 2.53. The summed E-state index contributed by atoms with van der Waals surface area (Å²) in [5.74, 6) is -0.820. The number of methoxy groups -OCH3 is 1. The smallest absolute Gasteiger partial charge is 0.339 e. The summed E-state index contributed by atoms with van der Waals surface area (Å²) in [4.78, 5) is 11.0. The third-order valence-corrected chi connectivity index (χ3v) is 2.53. The molecule has 0 saturated carbocycles. The van der Waals surface area contributed by atoms with E-state index in [1.807, 2.05) is 0 Å². The first-order valence-corrected chi connectivity index (χ1v) is 6.55. The third kappa shape index (κ3) is 6.94. The number of hydrogen-bond acceptors (Lipinski definition) is 6. The minimum Gasteiger partial charge on any atom is -0.490 e. The van der Waals surface area contributed by atoms with Crippen LogP contribution in [0, 0.1) is 0 Å². The van der Waals surface area contributed by atoms with Crippen molar-refractivity contribution < 1.29 is 28.8 Å². The maximum Gasteiger partial charge on any atom is 0.339 e. The Morgan fingerprint density at radius 2 is 1.71 bits per heavy atom. The monoisotopic (exact) mass is 299 g/mol. The Morgan fingerprint density at radius 3 is 2.33 bits per heavy atom. The molecule has 3 N–H and O–H groups in total. The normalized spacial score (nSPS) is 10.5. The van der Waals surface area contributed by atoms with Crippen molar-refractivity contribution in [2.75, 3.05) is 52.5 Å². The molecule has 0 radical (unpaired) electrons. The Morgan fingerprint density at radius 1 is 1.10 bits per heavy atom. The molecular formula is C14H21NO6. The van der Waals surface area contributed by atoms with E-state index in [1.54, 1.807) is 7.11 Å². The molecule has 0 aliphatic heterocycles. The summed E-state index contributed by atoms with van der Waals surface area (Å²) in [7, 11) is 1.61. The molecule has 0 spiro atoms. The van der Waals surface area contributed by atoms with Crippen LogP contribution in [0.4, 0.5) is 5.69 Å². The lowest BCUT2D eigenvalue weighted by Gasteiger charge is -2.10. The van der Waals surface area contributed by atoms with Crippen LogP contribution in [0.5, 0.6) is 5.75 Å². The Labute approximate surface area is 123 Å². The van der Waals surface area contributed by atoms with Crippen LogP contribution in [0.15, 0.2) is 18.2 Å². The van der Waals surface area contributed by atoms with E-state index in [0.717, 1.165) is 0 Å². The number of nitrogen functional groups attached to an aromatic ring is 1. The average molecular weight is 299 g/mol. The number of anilines is 1. The van der Waals surface area contributed by atoms with Gasteiger partial charge in [-0.1, -0.05) is 0 Å². The highest BCUT2D eigenvalue weighted by Gasteiger charge is 2.11. The molecule has 0 aromatic heterocycles. The first-order chi connectivity index (χ1) is 10.1. The van der Waals surface area contributed by atoms with Crippen molar-refractivity contribution in [3.05, 3.63) is 23.8 Å². The number of benzene rings is 1. The van der Waals surface area contributed by atoms with Crippen molar-refractivity contribution in [3.63, 3.8) is 0 Å². The number of aromatic carboxylic acids is 1. The van der Waals surface area contributed by atoms with Gasteiger partial charge in [0.1, 0.15) is 17.9 Å². The van der Waals surface area contributed by atoms with E-state index in [2.05, 4.69) is 0 Å². The lowest BCUT2D eigenvalue weighted by atomic mass is 10.2. The van der Waals surface area contributed by atoms with Crippen molar-refractivity contribution in [1.82, 2.24) is 0 Å². The van der Waals surface area contributed by atoms with Gasteiger partial charge < -0.3 is 29.8 Å². The minimum atomic E-state index is -1.06. The van der Waals surface area contributed by atoms with Crippen molar-refractivity contribution in [3.8, 4) is 5.75 Å². The summed E-state index contributed by atoms with van der Waals surface area (Å²) in [6.07, 6.45) is 0. The number of ether oxygens (including phenoxy) is 4. The lowest BCUT2D eigenvalue weighted by molar-refractivity contribution is 0.0178. The summed E-state index contributed by atoms with van der Waals surface area (Å²) in [5.41, 5.74) is 6.13. The Balaban J connectivity index is 2.21. The molecule has 0 aliphatic carbocycles. The molecule has 1 aromatic carbocycles. The van der Waals surface area contributed by atoms with Crippen LogP contribution in [0.1, 0.15) is 10.4 Å². The van der Waals surface area contributed by atoms with E-state index < -0.39 is 5.97 Å². The summed E-state index contributed by atoms with van der Waals surface area (Å²) in [6, 6.07) is 4.42. The zero-order valence-electron chi connectivity index (χ0n) is 12.0. The number of nitrogens with two attached hydrogens (primary N) is 1. The van der Waals surface area contributed by atoms with Crippen LogP contribution in [-0.2, 0) is 14.2 Å². The molecular weight excluding hydrogens is 278 g/mol. The van der Waals surface area contributed by atoms with Gasteiger partial charge >= 0.3 is 5.97 Å². The van der Waals surface area contributed by atoms with Crippen LogP contribution in [-0.4, -0.2) is 57.8 Å². The largest absolute Gasteiger partial charge is 0.490 e. The van der Waals surface area contributed by atoms with Gasteiger partial charge in [0.25, 0.3) is 0 Å². The van der Waals surface area contributed by atoms with Crippen molar-refractivity contribution in [2.45, 2.75) is 0 Å². The number of carboxylic acid groups (broad SMARTS) is 1. The van der Waals surface area contributed by atoms with Gasteiger partial charge in [0, 0.05) is 18.9 Å². The Kier molecular flexibility index (Phi) is 8.18. The average Bonchev–Trinajstić information content (AvgIpc) is 2.45. The molecule has 0 bridgehead atoms. The SMILES string of the molecule is COCCOCCOCCOc1cc(N)ccc1C(=O)O. The molecule has 7 nitrogen and oxygen atoms in total. The zero-order valence-corrected chi connectivity index (χ0v) is 12.0. The standard InChI is InChI=1S/C14H21NO6/c1-18-4-5-19-6-7-20-8-9-21-13-10-11(15)2-3-12(13)14(16)17/h2-3,10H,4-9,15H2,1H3,(H,16,17). The summed E-state index contributed by atoms with van der Waals surface area (Å²) >= 11 is 0. The summed E-state index contributed by atoms with van der Waals surface area (Å²) in [5, 5.41) is 9.02. The van der Waals surface area contributed by atoms with Gasteiger partial charge in [-0.15, -0.1) is 0 Å². The lowest BCUT2D eigenvalue weighted by Crippen LogP contribution is -2.13. The van der Waals surface area contributed by atoms with E-state index in [0.29, 0.717) is 38.7 Å². The highest BCUT2D eigenvalue weighted by Crippen LogP contribution is 2.21. The molecule has 7 heteroatoms. The molecule has 0 fully saturated rings. The van der Waals surface area contributed by atoms with E-state index in [-0.39, 0.29) is 17.9 Å². The fourth-order valence-electron chi connectivity index (χ4n) is 1.51. The van der Waals surface area contributed by atoms with Gasteiger partial charge in [-0.05, 0) is 12.1 Å². The van der Waals surface area contributed by atoms with Gasteiger partial charge in [0.2, 0.25) is 0 Å². The van der Waals surface area contributed by atoms with E-state index in [9.17, 15) is 4.79 Å². The van der Waals surface area contributed by atoms with Gasteiger partial charge in [-0.3, -0.25) is 0 Å². The molecule has 0 saturated heterocycles. The highest BCUT2D eigenvalue weighted by atomic mass is 16.6. The Hall–Kier alpha value is -1.83. The second-order valence-corrected chi connectivity index (χ2v) is 4.13. The maximum atomic E-state index is 11.0. The van der Waals surface area contributed by atoms with Crippen LogP contribution in [0.2, 0.25) is 0 Å². The van der Waals surface area contributed by atoms with E-state index in [4.69, 9.17) is 29.8 Å². The predicted molar refractivity (Wildman–Crippen MR) is 76.8 cm³/mol. The highest BCUT2D eigenvalue weighted by molar-refractivity contribution is 5.91. The molecule has 0 atom stereocenters. The van der Waals surface area contributed by atoms with Gasteiger partial charge in [-0.2, -0.15) is 0 Å². The first-order valence-electron chi connectivity index (χ1n) is 6.55. The molecule has 1 rings (SSSR count). The number of carboxylic acids is 1. The second kappa shape index (κ2) is 9.98.